The van der Waals surface area contributed by atoms with Crippen LogP contribution in [0.25, 0.3) is 0 Å². The van der Waals surface area contributed by atoms with Crippen LogP contribution in [0.3, 0.4) is 0 Å². The molecule has 0 saturated heterocycles. The Balaban J connectivity index is 2.36. The first-order valence-electron chi connectivity index (χ1n) is 14.4. The van der Waals surface area contributed by atoms with Crippen LogP contribution >= 0.6 is 0 Å². The van der Waals surface area contributed by atoms with Gasteiger partial charge in [-0.05, 0) is 12.5 Å². The van der Waals surface area contributed by atoms with Gasteiger partial charge in [0.25, 0.3) is 0 Å². The van der Waals surface area contributed by atoms with Crippen molar-refractivity contribution in [3.05, 3.63) is 35.9 Å². The lowest BCUT2D eigenvalue weighted by molar-refractivity contribution is -0.201. The molecule has 1 rings (SSSR count). The summed E-state index contributed by atoms with van der Waals surface area (Å²) in [5.74, 6) is -2.89. The zero-order chi connectivity index (χ0) is 33.5. The predicted octanol–water partition coefficient (Wildman–Crippen LogP) is 1.09. The number of carbonyl (C=O) groups excluding carboxylic acids is 5. The summed E-state index contributed by atoms with van der Waals surface area (Å²) in [4.78, 5) is 58.5. The molecule has 0 radical (unpaired) electrons. The molecule has 0 spiro atoms. The third-order valence-corrected chi connectivity index (χ3v) is 5.61. The maximum atomic E-state index is 11.9. The fourth-order valence-electron chi connectivity index (χ4n) is 3.72. The van der Waals surface area contributed by atoms with Crippen LogP contribution < -0.4 is 5.32 Å². The molecular formula is C30H45NO14. The van der Waals surface area contributed by atoms with Crippen molar-refractivity contribution < 1.29 is 66.6 Å². The van der Waals surface area contributed by atoms with Gasteiger partial charge in [0.15, 0.2) is 12.2 Å². The molecule has 0 aliphatic carbocycles. The van der Waals surface area contributed by atoms with E-state index in [0.29, 0.717) is 0 Å². The molecule has 1 aromatic rings. The summed E-state index contributed by atoms with van der Waals surface area (Å²) in [6.07, 6.45) is -3.54. The molecule has 1 aromatic carbocycles. The van der Waals surface area contributed by atoms with Gasteiger partial charge in [-0.1, -0.05) is 30.3 Å². The second-order valence-corrected chi connectivity index (χ2v) is 9.59. The minimum Gasteiger partial charge on any atom is -0.463 e. The Morgan fingerprint density at radius 3 is 1.80 bits per heavy atom. The molecule has 4 atom stereocenters. The minimum absolute atomic E-state index is 0.127. The lowest BCUT2D eigenvalue weighted by atomic mass is 10.0. The molecule has 15 heteroatoms. The van der Waals surface area contributed by atoms with E-state index in [2.05, 4.69) is 5.32 Å². The maximum absolute atomic E-state index is 11.9. The van der Waals surface area contributed by atoms with Gasteiger partial charge in [0.1, 0.15) is 32.7 Å². The monoisotopic (exact) mass is 643 g/mol. The molecule has 0 fully saturated rings. The number of benzene rings is 1. The molecule has 0 heterocycles. The van der Waals surface area contributed by atoms with Crippen molar-refractivity contribution in [2.75, 3.05) is 59.6 Å². The number of nitrogens with one attached hydrogen (secondary N) is 1. The zero-order valence-corrected chi connectivity index (χ0v) is 26.5. The highest BCUT2D eigenvalue weighted by Crippen LogP contribution is 2.18. The fourth-order valence-corrected chi connectivity index (χ4v) is 3.72. The molecule has 45 heavy (non-hydrogen) atoms. The molecule has 0 aromatic heterocycles. The number of hydrogen-bond acceptors (Lipinski definition) is 14. The number of esters is 4. The number of ether oxygens (including phenoxy) is 9. The van der Waals surface area contributed by atoms with Gasteiger partial charge in [-0.25, -0.2) is 4.79 Å². The Labute approximate surface area is 263 Å². The second kappa shape index (κ2) is 23.7. The van der Waals surface area contributed by atoms with Crippen LogP contribution in [0.2, 0.25) is 0 Å². The summed E-state index contributed by atoms with van der Waals surface area (Å²) in [5, 5.41) is 2.60. The molecule has 15 nitrogen and oxygen atoms in total. The van der Waals surface area contributed by atoms with Gasteiger partial charge >= 0.3 is 23.9 Å². The van der Waals surface area contributed by atoms with E-state index in [1.54, 1.807) is 6.92 Å². The van der Waals surface area contributed by atoms with Gasteiger partial charge in [-0.15, -0.1) is 0 Å². The van der Waals surface area contributed by atoms with Crippen molar-refractivity contribution in [3.63, 3.8) is 0 Å². The van der Waals surface area contributed by atoms with Gasteiger partial charge in [0.2, 0.25) is 5.91 Å². The van der Waals surface area contributed by atoms with E-state index in [0.717, 1.165) is 19.4 Å². The molecular weight excluding hydrogens is 598 g/mol. The smallest absolute Gasteiger partial charge is 0.332 e. The molecule has 0 bridgehead atoms. The van der Waals surface area contributed by atoms with Crippen LogP contribution in [-0.2, 0) is 73.2 Å². The Bertz CT molecular complexity index is 1020. The number of carbonyl (C=O) groups is 5. The summed E-state index contributed by atoms with van der Waals surface area (Å²) in [6.45, 7) is 7.07. The lowest BCUT2D eigenvalue weighted by Crippen LogP contribution is -2.55. The van der Waals surface area contributed by atoms with Crippen LogP contribution in [0.4, 0.5) is 0 Å². The highest BCUT2D eigenvalue weighted by atomic mass is 16.7. The van der Waals surface area contributed by atoms with Crippen molar-refractivity contribution in [1.82, 2.24) is 5.32 Å². The average Bonchev–Trinajstić information content (AvgIpc) is 2.97. The summed E-state index contributed by atoms with van der Waals surface area (Å²) in [7, 11) is 0. The van der Waals surface area contributed by atoms with Crippen molar-refractivity contribution in [2.45, 2.75) is 65.6 Å². The minimum atomic E-state index is -1.26. The van der Waals surface area contributed by atoms with E-state index in [1.165, 1.54) is 13.8 Å². The Kier molecular flexibility index (Phi) is 20.8. The van der Waals surface area contributed by atoms with Crippen molar-refractivity contribution in [3.8, 4) is 0 Å². The van der Waals surface area contributed by atoms with E-state index >= 15 is 0 Å². The summed E-state index contributed by atoms with van der Waals surface area (Å²) < 4.78 is 48.1. The van der Waals surface area contributed by atoms with Crippen LogP contribution in [-0.4, -0.2) is 114 Å². The van der Waals surface area contributed by atoms with Gasteiger partial charge in [-0.3, -0.25) is 19.2 Å². The summed E-state index contributed by atoms with van der Waals surface area (Å²) in [5.41, 5.74) is 0.891. The second-order valence-electron chi connectivity index (χ2n) is 9.59. The highest BCUT2D eigenvalue weighted by molar-refractivity contribution is 5.73. The summed E-state index contributed by atoms with van der Waals surface area (Å²) >= 11 is 0. The first-order chi connectivity index (χ1) is 21.5. The molecule has 0 aliphatic heterocycles. The number of rotatable bonds is 24. The normalized spacial score (nSPS) is 13.5. The van der Waals surface area contributed by atoms with E-state index in [4.69, 9.17) is 42.6 Å². The quantitative estimate of drug-likeness (QED) is 0.0732. The molecule has 0 unspecified atom stereocenters. The van der Waals surface area contributed by atoms with Crippen LogP contribution in [0.15, 0.2) is 30.3 Å². The van der Waals surface area contributed by atoms with E-state index in [9.17, 15) is 24.0 Å². The van der Waals surface area contributed by atoms with Crippen molar-refractivity contribution in [2.24, 2.45) is 0 Å². The SMILES string of the molecule is CC(=O)N[C@@H](C)[C@@H](OC(C)=O)[C@@H](OC(C)=O)[C@@H](COC(C)=O)OCOCCOCCOCCOCC(=O)OCc1ccccc1. The third kappa shape index (κ3) is 20.1. The number of amides is 1. The highest BCUT2D eigenvalue weighted by Gasteiger charge is 2.40. The summed E-state index contributed by atoms with van der Waals surface area (Å²) in [6, 6.07) is 8.54. The predicted molar refractivity (Wildman–Crippen MR) is 155 cm³/mol. The first kappa shape index (κ1) is 39.4. The molecule has 0 saturated carbocycles. The maximum Gasteiger partial charge on any atom is 0.332 e. The van der Waals surface area contributed by atoms with E-state index in [-0.39, 0.29) is 66.3 Å². The number of hydrogen-bond donors (Lipinski definition) is 1. The van der Waals surface area contributed by atoms with Gasteiger partial charge in [0.05, 0.1) is 45.7 Å². The molecule has 254 valence electrons. The van der Waals surface area contributed by atoms with Gasteiger partial charge in [0, 0.05) is 27.7 Å². The standard InChI is InChI=1S/C30H45NO14/c1-21(31-22(2)32)29(44-24(4)34)30(45-25(5)35)27(18-41-23(3)33)43-20-40-16-14-38-12-11-37-13-15-39-19-28(36)42-17-26-9-7-6-8-10-26/h6-10,21,27,29-30H,11-20H2,1-5H3,(H,31,32)/t21-,27+,29+,30-/m0/s1. The van der Waals surface area contributed by atoms with Gasteiger partial charge in [-0.2, -0.15) is 0 Å². The van der Waals surface area contributed by atoms with E-state index < -0.39 is 54.1 Å². The Morgan fingerprint density at radius 2 is 1.24 bits per heavy atom. The van der Waals surface area contributed by atoms with Crippen LogP contribution in [0.5, 0.6) is 0 Å². The Hall–Kier alpha value is -3.63. The zero-order valence-electron chi connectivity index (χ0n) is 26.5. The fraction of sp³-hybridized carbons (Fsp3) is 0.633. The molecule has 1 N–H and O–H groups in total. The van der Waals surface area contributed by atoms with Crippen molar-refractivity contribution in [1.29, 1.82) is 0 Å². The van der Waals surface area contributed by atoms with Gasteiger partial charge < -0.3 is 47.9 Å². The molecule has 1 amide bonds. The lowest BCUT2D eigenvalue weighted by Gasteiger charge is -2.35. The van der Waals surface area contributed by atoms with Crippen LogP contribution in [0.1, 0.15) is 40.2 Å². The average molecular weight is 644 g/mol. The largest absolute Gasteiger partial charge is 0.463 e. The first-order valence-corrected chi connectivity index (χ1v) is 14.4. The third-order valence-electron chi connectivity index (χ3n) is 5.61. The topological polar surface area (TPSA) is 180 Å². The molecule has 0 aliphatic rings. The Morgan fingerprint density at radius 1 is 0.689 bits per heavy atom. The van der Waals surface area contributed by atoms with Crippen molar-refractivity contribution >= 4 is 29.8 Å². The van der Waals surface area contributed by atoms with Crippen LogP contribution in [0, 0.1) is 0 Å². The van der Waals surface area contributed by atoms with E-state index in [1.807, 2.05) is 30.3 Å².